The lowest BCUT2D eigenvalue weighted by atomic mass is 10.1. The molecule has 1 N–H and O–H groups in total. The molecule has 0 atom stereocenters. The molecule has 0 aliphatic heterocycles. The highest BCUT2D eigenvalue weighted by Crippen LogP contribution is 2.21. The summed E-state index contributed by atoms with van der Waals surface area (Å²) in [5.41, 5.74) is 3.36. The Hall–Kier alpha value is -2.39. The first-order valence-corrected chi connectivity index (χ1v) is 6.71. The van der Waals surface area contributed by atoms with Crippen molar-refractivity contribution < 1.29 is 14.6 Å². The third-order valence-electron chi connectivity index (χ3n) is 3.25. The zero-order valence-electron chi connectivity index (χ0n) is 12.2. The molecule has 0 saturated carbocycles. The molecule has 0 unspecified atom stereocenters. The second-order valence-electron chi connectivity index (χ2n) is 4.79. The minimum atomic E-state index is -0.114. The SMILES string of the molecule is COc1cc(C(=O)/C=C/c2ccc(C)cc2)ccc1CO. The van der Waals surface area contributed by atoms with Gasteiger partial charge in [-0.3, -0.25) is 4.79 Å². The molecular formula is C18H18O3. The van der Waals surface area contributed by atoms with Crippen LogP contribution in [0.15, 0.2) is 48.5 Å². The van der Waals surface area contributed by atoms with Crippen molar-refractivity contribution in [2.75, 3.05) is 7.11 Å². The Labute approximate surface area is 124 Å². The van der Waals surface area contributed by atoms with Crippen LogP contribution < -0.4 is 4.74 Å². The first-order valence-electron chi connectivity index (χ1n) is 6.71. The number of hydrogen-bond donors (Lipinski definition) is 1. The van der Waals surface area contributed by atoms with Crippen LogP contribution in [0.2, 0.25) is 0 Å². The van der Waals surface area contributed by atoms with Gasteiger partial charge in [-0.05, 0) is 24.6 Å². The van der Waals surface area contributed by atoms with Crippen LogP contribution in [0.4, 0.5) is 0 Å². The van der Waals surface area contributed by atoms with Gasteiger partial charge in [-0.15, -0.1) is 0 Å². The maximum atomic E-state index is 12.1. The van der Waals surface area contributed by atoms with E-state index in [9.17, 15) is 9.90 Å². The Balaban J connectivity index is 2.18. The first kappa shape index (κ1) is 15.0. The average Bonchev–Trinajstić information content (AvgIpc) is 2.53. The highest BCUT2D eigenvalue weighted by Gasteiger charge is 2.07. The van der Waals surface area contributed by atoms with Gasteiger partial charge in [-0.1, -0.05) is 48.0 Å². The lowest BCUT2D eigenvalue weighted by molar-refractivity contribution is 0.104. The quantitative estimate of drug-likeness (QED) is 0.675. The summed E-state index contributed by atoms with van der Waals surface area (Å²) in [6.45, 7) is 1.91. The van der Waals surface area contributed by atoms with E-state index in [2.05, 4.69) is 0 Å². The molecule has 2 aromatic rings. The van der Waals surface area contributed by atoms with Crippen molar-refractivity contribution in [3.63, 3.8) is 0 Å². The smallest absolute Gasteiger partial charge is 0.185 e. The van der Waals surface area contributed by atoms with Gasteiger partial charge in [0.15, 0.2) is 5.78 Å². The number of benzene rings is 2. The zero-order chi connectivity index (χ0) is 15.2. The van der Waals surface area contributed by atoms with Crippen molar-refractivity contribution in [3.8, 4) is 5.75 Å². The number of allylic oxidation sites excluding steroid dienone is 1. The third-order valence-corrected chi connectivity index (χ3v) is 3.25. The van der Waals surface area contributed by atoms with Crippen LogP contribution in [0.1, 0.15) is 27.0 Å². The molecule has 0 aromatic heterocycles. The van der Waals surface area contributed by atoms with Crippen LogP contribution in [-0.4, -0.2) is 18.0 Å². The molecule has 0 spiro atoms. The predicted molar refractivity (Wildman–Crippen MR) is 83.5 cm³/mol. The zero-order valence-corrected chi connectivity index (χ0v) is 12.2. The molecule has 3 heteroatoms. The monoisotopic (exact) mass is 282 g/mol. The summed E-state index contributed by atoms with van der Waals surface area (Å²) in [6, 6.07) is 13.0. The summed E-state index contributed by atoms with van der Waals surface area (Å²) < 4.78 is 5.17. The fourth-order valence-electron chi connectivity index (χ4n) is 1.97. The van der Waals surface area contributed by atoms with E-state index >= 15 is 0 Å². The Morgan fingerprint density at radius 2 is 1.90 bits per heavy atom. The fraction of sp³-hybridized carbons (Fsp3) is 0.167. The highest BCUT2D eigenvalue weighted by molar-refractivity contribution is 6.07. The van der Waals surface area contributed by atoms with E-state index < -0.39 is 0 Å². The summed E-state index contributed by atoms with van der Waals surface area (Å²) in [6.07, 6.45) is 3.33. The topological polar surface area (TPSA) is 46.5 Å². The maximum Gasteiger partial charge on any atom is 0.185 e. The lowest BCUT2D eigenvalue weighted by Crippen LogP contribution is -1.98. The number of aliphatic hydroxyl groups is 1. The number of ether oxygens (including phenoxy) is 1. The number of hydrogen-bond acceptors (Lipinski definition) is 3. The van der Waals surface area contributed by atoms with E-state index in [1.165, 1.54) is 18.7 Å². The van der Waals surface area contributed by atoms with Gasteiger partial charge in [0.05, 0.1) is 13.7 Å². The van der Waals surface area contributed by atoms with E-state index in [1.54, 1.807) is 24.3 Å². The highest BCUT2D eigenvalue weighted by atomic mass is 16.5. The summed E-state index contributed by atoms with van der Waals surface area (Å²) >= 11 is 0. The molecule has 0 aliphatic carbocycles. The lowest BCUT2D eigenvalue weighted by Gasteiger charge is -2.07. The number of carbonyl (C=O) groups is 1. The summed E-state index contributed by atoms with van der Waals surface area (Å²) in [5.74, 6) is 0.422. The molecule has 0 radical (unpaired) electrons. The van der Waals surface area contributed by atoms with Crippen LogP contribution in [0.3, 0.4) is 0 Å². The Morgan fingerprint density at radius 1 is 1.19 bits per heavy atom. The Bertz CT molecular complexity index is 655. The molecule has 2 rings (SSSR count). The van der Waals surface area contributed by atoms with E-state index in [0.29, 0.717) is 16.9 Å². The second-order valence-corrected chi connectivity index (χ2v) is 4.79. The van der Waals surface area contributed by atoms with Crippen molar-refractivity contribution in [2.45, 2.75) is 13.5 Å². The molecule has 0 aliphatic rings. The van der Waals surface area contributed by atoms with E-state index in [-0.39, 0.29) is 12.4 Å². The predicted octanol–water partition coefficient (Wildman–Crippen LogP) is 3.39. The molecule has 2 aromatic carbocycles. The molecule has 21 heavy (non-hydrogen) atoms. The number of methoxy groups -OCH3 is 1. The van der Waals surface area contributed by atoms with Crippen molar-refractivity contribution in [2.24, 2.45) is 0 Å². The van der Waals surface area contributed by atoms with Gasteiger partial charge < -0.3 is 9.84 Å². The first-order chi connectivity index (χ1) is 10.1. The van der Waals surface area contributed by atoms with E-state index in [4.69, 9.17) is 4.74 Å². The Morgan fingerprint density at radius 3 is 2.52 bits per heavy atom. The standard InChI is InChI=1S/C18H18O3/c1-13-3-5-14(6-4-13)7-10-17(20)15-8-9-16(12-19)18(11-15)21-2/h3-11,19H,12H2,1-2H3/b10-7+. The van der Waals surface area contributed by atoms with Gasteiger partial charge in [0.2, 0.25) is 0 Å². The molecule has 3 nitrogen and oxygen atoms in total. The number of carbonyl (C=O) groups excluding carboxylic acids is 1. The van der Waals surface area contributed by atoms with Gasteiger partial charge in [-0.25, -0.2) is 0 Å². The summed E-state index contributed by atoms with van der Waals surface area (Å²) in [5, 5.41) is 9.17. The number of aliphatic hydroxyl groups excluding tert-OH is 1. The maximum absolute atomic E-state index is 12.1. The van der Waals surface area contributed by atoms with Gasteiger partial charge in [0, 0.05) is 11.1 Å². The van der Waals surface area contributed by atoms with Crippen LogP contribution in [0.25, 0.3) is 6.08 Å². The van der Waals surface area contributed by atoms with Gasteiger partial charge >= 0.3 is 0 Å². The molecule has 0 heterocycles. The van der Waals surface area contributed by atoms with E-state index in [0.717, 1.165) is 5.56 Å². The van der Waals surface area contributed by atoms with Crippen LogP contribution in [-0.2, 0) is 6.61 Å². The number of ketones is 1. The molecule has 0 saturated heterocycles. The molecule has 0 bridgehead atoms. The second kappa shape index (κ2) is 6.86. The van der Waals surface area contributed by atoms with Gasteiger partial charge in [-0.2, -0.15) is 0 Å². The average molecular weight is 282 g/mol. The summed E-state index contributed by atoms with van der Waals surface area (Å²) in [7, 11) is 1.52. The fourth-order valence-corrected chi connectivity index (χ4v) is 1.97. The van der Waals surface area contributed by atoms with Crippen molar-refractivity contribution in [1.82, 2.24) is 0 Å². The van der Waals surface area contributed by atoms with Crippen molar-refractivity contribution in [3.05, 3.63) is 70.8 Å². The number of aryl methyl sites for hydroxylation is 1. The molecule has 0 amide bonds. The number of rotatable bonds is 5. The van der Waals surface area contributed by atoms with Gasteiger partial charge in [0.25, 0.3) is 0 Å². The van der Waals surface area contributed by atoms with Crippen LogP contribution in [0, 0.1) is 6.92 Å². The Kier molecular flexibility index (Phi) is 4.90. The minimum absolute atomic E-state index is 0.0987. The molecule has 0 fully saturated rings. The normalized spacial score (nSPS) is 10.8. The molecular weight excluding hydrogens is 264 g/mol. The molecule has 108 valence electrons. The van der Waals surface area contributed by atoms with Crippen LogP contribution in [0.5, 0.6) is 5.75 Å². The van der Waals surface area contributed by atoms with Gasteiger partial charge in [0.1, 0.15) is 5.75 Å². The summed E-state index contributed by atoms with van der Waals surface area (Å²) in [4.78, 5) is 12.1. The van der Waals surface area contributed by atoms with Crippen molar-refractivity contribution >= 4 is 11.9 Å². The van der Waals surface area contributed by atoms with Crippen LogP contribution >= 0.6 is 0 Å². The van der Waals surface area contributed by atoms with Crippen molar-refractivity contribution in [1.29, 1.82) is 0 Å². The minimum Gasteiger partial charge on any atom is -0.496 e. The van der Waals surface area contributed by atoms with E-state index in [1.807, 2.05) is 31.2 Å². The third kappa shape index (κ3) is 3.80. The largest absolute Gasteiger partial charge is 0.496 e.